The van der Waals surface area contributed by atoms with Gasteiger partial charge in [0.2, 0.25) is 0 Å². The van der Waals surface area contributed by atoms with Crippen molar-refractivity contribution >= 4 is 11.8 Å². The fourth-order valence-corrected chi connectivity index (χ4v) is 3.47. The Balaban J connectivity index is 1.84. The summed E-state index contributed by atoms with van der Waals surface area (Å²) >= 11 is 0. The largest absolute Gasteiger partial charge is 0.251 e. The highest BCUT2D eigenvalue weighted by atomic mass is 14.9. The lowest BCUT2D eigenvalue weighted by Crippen LogP contribution is -2.24. The van der Waals surface area contributed by atoms with Crippen LogP contribution in [-0.2, 0) is 0 Å². The highest BCUT2D eigenvalue weighted by Gasteiger charge is 2.17. The molecule has 0 N–H and O–H groups in total. The van der Waals surface area contributed by atoms with Crippen LogP contribution in [0.4, 0.5) is 0 Å². The fraction of sp³-hybridized carbons (Fsp3) is 0.273. The van der Waals surface area contributed by atoms with E-state index in [0.29, 0.717) is 11.8 Å². The molecule has 0 amide bonds. The van der Waals surface area contributed by atoms with Gasteiger partial charge in [0.05, 0.1) is 16.8 Å². The number of hydrogen-bond acceptors (Lipinski definition) is 2. The predicted molar refractivity (Wildman–Crippen MR) is 100 cm³/mol. The summed E-state index contributed by atoms with van der Waals surface area (Å²) in [4.78, 5) is 9.94. The Morgan fingerprint density at radius 1 is 0.875 bits per heavy atom. The molecule has 2 atom stereocenters. The summed E-state index contributed by atoms with van der Waals surface area (Å²) in [6.07, 6.45) is 15.6. The van der Waals surface area contributed by atoms with Crippen molar-refractivity contribution in [2.45, 2.75) is 26.7 Å². The minimum atomic E-state index is 0.339. The number of aliphatic imine (C=N–C) groups is 1. The van der Waals surface area contributed by atoms with Gasteiger partial charge in [-0.1, -0.05) is 56.4 Å². The van der Waals surface area contributed by atoms with Gasteiger partial charge in [0.25, 0.3) is 0 Å². The molecular weight excluding hydrogens is 292 g/mol. The lowest BCUT2D eigenvalue weighted by atomic mass is 9.97. The summed E-state index contributed by atoms with van der Waals surface area (Å²) in [5.41, 5.74) is 4.47. The standard InChI is InChI=1S/C22H22N2/c1-15-11-17-7-3-5-9-19(17)23-21(13-15)22-14-16(2)12-18-8-4-6-10-20(18)24-22/h3-5,7-9,11-16H,6,10H2,1-2H3. The zero-order valence-corrected chi connectivity index (χ0v) is 14.2. The molecule has 4 rings (SSSR count). The number of benzene rings is 1. The van der Waals surface area contributed by atoms with Crippen LogP contribution in [0.25, 0.3) is 6.08 Å². The molecule has 3 aliphatic rings. The van der Waals surface area contributed by atoms with Crippen molar-refractivity contribution in [1.82, 2.24) is 0 Å². The van der Waals surface area contributed by atoms with Crippen LogP contribution in [0.15, 0.2) is 81.6 Å². The van der Waals surface area contributed by atoms with Crippen molar-refractivity contribution in [3.8, 4) is 0 Å². The number of rotatable bonds is 1. The first-order valence-electron chi connectivity index (χ1n) is 8.75. The van der Waals surface area contributed by atoms with Gasteiger partial charge in [-0.25, -0.2) is 4.99 Å². The summed E-state index contributed by atoms with van der Waals surface area (Å²) < 4.78 is 0. The van der Waals surface area contributed by atoms with Crippen molar-refractivity contribution in [3.05, 3.63) is 82.2 Å². The SMILES string of the molecule is CC1C=C2C=CCCC2=NC(C2=CC(C)C=c3ccccc3=N2)=C1. The number of fused-ring (bicyclic) bond motifs is 2. The third-order valence-electron chi connectivity index (χ3n) is 4.60. The Hall–Kier alpha value is -2.48. The second kappa shape index (κ2) is 6.20. The van der Waals surface area contributed by atoms with Crippen molar-refractivity contribution in [1.29, 1.82) is 0 Å². The zero-order valence-electron chi connectivity index (χ0n) is 14.2. The molecule has 2 aliphatic heterocycles. The first-order valence-corrected chi connectivity index (χ1v) is 8.75. The summed E-state index contributed by atoms with van der Waals surface area (Å²) in [5.74, 6) is 0.693. The fourth-order valence-electron chi connectivity index (χ4n) is 3.47. The minimum Gasteiger partial charge on any atom is -0.251 e. The second-order valence-electron chi connectivity index (χ2n) is 6.78. The molecule has 0 bridgehead atoms. The molecule has 1 aliphatic carbocycles. The van der Waals surface area contributed by atoms with Crippen LogP contribution in [0, 0.1) is 11.8 Å². The number of hydrogen-bond donors (Lipinski definition) is 0. The van der Waals surface area contributed by atoms with Gasteiger partial charge < -0.3 is 0 Å². The van der Waals surface area contributed by atoms with Gasteiger partial charge in [-0.05, 0) is 53.7 Å². The molecule has 2 unspecified atom stereocenters. The number of allylic oxidation sites excluding steroid dienone is 6. The molecule has 0 saturated carbocycles. The Morgan fingerprint density at radius 2 is 1.62 bits per heavy atom. The molecular formula is C22H22N2. The van der Waals surface area contributed by atoms with Crippen LogP contribution in [0.5, 0.6) is 0 Å². The Kier molecular flexibility index (Phi) is 3.89. The van der Waals surface area contributed by atoms with E-state index in [1.165, 1.54) is 16.5 Å². The highest BCUT2D eigenvalue weighted by Crippen LogP contribution is 2.27. The van der Waals surface area contributed by atoms with E-state index in [0.717, 1.165) is 29.6 Å². The van der Waals surface area contributed by atoms with Gasteiger partial charge in [0.1, 0.15) is 0 Å². The maximum Gasteiger partial charge on any atom is 0.0856 e. The van der Waals surface area contributed by atoms with Crippen LogP contribution in [-0.4, -0.2) is 5.71 Å². The second-order valence-corrected chi connectivity index (χ2v) is 6.78. The smallest absolute Gasteiger partial charge is 0.0856 e. The van der Waals surface area contributed by atoms with Crippen molar-refractivity contribution in [3.63, 3.8) is 0 Å². The third-order valence-corrected chi connectivity index (χ3v) is 4.60. The van der Waals surface area contributed by atoms with Gasteiger partial charge in [-0.15, -0.1) is 0 Å². The molecule has 0 saturated heterocycles. The van der Waals surface area contributed by atoms with E-state index in [1.54, 1.807) is 0 Å². The average Bonchev–Trinajstić information content (AvgIpc) is 2.84. The molecule has 0 fully saturated rings. The molecule has 120 valence electrons. The summed E-state index contributed by atoms with van der Waals surface area (Å²) in [5, 5.41) is 2.23. The van der Waals surface area contributed by atoms with E-state index >= 15 is 0 Å². The van der Waals surface area contributed by atoms with E-state index in [1.807, 2.05) is 6.07 Å². The summed E-state index contributed by atoms with van der Waals surface area (Å²) in [7, 11) is 0. The van der Waals surface area contributed by atoms with Gasteiger partial charge in [0.15, 0.2) is 0 Å². The molecule has 1 aromatic rings. The Morgan fingerprint density at radius 3 is 2.50 bits per heavy atom. The van der Waals surface area contributed by atoms with Crippen molar-refractivity contribution in [2.24, 2.45) is 21.8 Å². The predicted octanol–water partition coefficient (Wildman–Crippen LogP) is 3.87. The molecule has 0 spiro atoms. The van der Waals surface area contributed by atoms with E-state index in [4.69, 9.17) is 9.98 Å². The van der Waals surface area contributed by atoms with Crippen LogP contribution in [0.3, 0.4) is 0 Å². The molecule has 0 aromatic heterocycles. The molecule has 2 nitrogen and oxygen atoms in total. The number of para-hydroxylation sites is 1. The van der Waals surface area contributed by atoms with Crippen molar-refractivity contribution in [2.75, 3.05) is 0 Å². The first-order chi connectivity index (χ1) is 11.7. The van der Waals surface area contributed by atoms with Crippen LogP contribution in [0.1, 0.15) is 26.7 Å². The Labute approximate surface area is 143 Å². The lowest BCUT2D eigenvalue weighted by molar-refractivity contribution is 0.917. The lowest BCUT2D eigenvalue weighted by Gasteiger charge is -2.11. The Bertz CT molecular complexity index is 938. The van der Waals surface area contributed by atoms with Gasteiger partial charge >= 0.3 is 0 Å². The van der Waals surface area contributed by atoms with Gasteiger partial charge in [-0.3, -0.25) is 4.99 Å². The molecule has 1 aromatic carbocycles. The van der Waals surface area contributed by atoms with Crippen molar-refractivity contribution < 1.29 is 0 Å². The van der Waals surface area contributed by atoms with Crippen LogP contribution in [0.2, 0.25) is 0 Å². The first kappa shape index (κ1) is 15.1. The normalized spacial score (nSPS) is 25.4. The van der Waals surface area contributed by atoms with E-state index in [-0.39, 0.29) is 0 Å². The van der Waals surface area contributed by atoms with Crippen LogP contribution >= 0.6 is 0 Å². The molecule has 0 radical (unpaired) electrons. The van der Waals surface area contributed by atoms with E-state index in [9.17, 15) is 0 Å². The monoisotopic (exact) mass is 314 g/mol. The van der Waals surface area contributed by atoms with E-state index in [2.05, 4.69) is 68.5 Å². The number of nitrogens with zero attached hydrogens (tertiary/aromatic N) is 2. The minimum absolute atomic E-state index is 0.339. The topological polar surface area (TPSA) is 24.7 Å². The highest BCUT2D eigenvalue weighted by molar-refractivity contribution is 6.04. The van der Waals surface area contributed by atoms with Crippen LogP contribution < -0.4 is 10.6 Å². The molecule has 2 heterocycles. The van der Waals surface area contributed by atoms with Gasteiger partial charge in [0, 0.05) is 5.71 Å². The molecule has 2 heteroatoms. The maximum atomic E-state index is 5.00. The molecule has 24 heavy (non-hydrogen) atoms. The third kappa shape index (κ3) is 2.96. The quantitative estimate of drug-likeness (QED) is 0.752. The zero-order chi connectivity index (χ0) is 16.5. The summed E-state index contributed by atoms with van der Waals surface area (Å²) in [6.45, 7) is 4.42. The average molecular weight is 314 g/mol. The van der Waals surface area contributed by atoms with E-state index < -0.39 is 0 Å². The maximum absolute atomic E-state index is 5.00. The summed E-state index contributed by atoms with van der Waals surface area (Å²) in [6, 6.07) is 8.33. The van der Waals surface area contributed by atoms with Gasteiger partial charge in [-0.2, -0.15) is 0 Å².